The second-order valence-electron chi connectivity index (χ2n) is 4.78. The van der Waals surface area contributed by atoms with E-state index in [0.29, 0.717) is 6.42 Å². The highest BCUT2D eigenvalue weighted by atomic mass is 16.1. The Balaban J connectivity index is 2.13. The molecule has 1 aromatic carbocycles. The lowest BCUT2D eigenvalue weighted by atomic mass is 9.85. The molecular formula is C17H20N2O. The van der Waals surface area contributed by atoms with Crippen LogP contribution in [0.15, 0.2) is 60.3 Å². The number of rotatable bonds is 5. The van der Waals surface area contributed by atoms with Gasteiger partial charge >= 0.3 is 0 Å². The molecule has 1 aliphatic rings. The number of hydrogen-bond donors (Lipinski definition) is 2. The van der Waals surface area contributed by atoms with Gasteiger partial charge in [-0.1, -0.05) is 48.6 Å². The van der Waals surface area contributed by atoms with Crippen molar-refractivity contribution in [2.24, 2.45) is 0 Å². The van der Waals surface area contributed by atoms with Gasteiger partial charge in [0.15, 0.2) is 5.78 Å². The minimum atomic E-state index is -0.633. The van der Waals surface area contributed by atoms with Gasteiger partial charge in [-0.25, -0.2) is 0 Å². The van der Waals surface area contributed by atoms with Crippen LogP contribution in [0.3, 0.4) is 0 Å². The summed E-state index contributed by atoms with van der Waals surface area (Å²) >= 11 is 0. The van der Waals surface area contributed by atoms with Gasteiger partial charge in [-0.15, -0.1) is 0 Å². The number of nitrogens with one attached hydrogen (secondary N) is 2. The Bertz CT molecular complexity index is 558. The van der Waals surface area contributed by atoms with Crippen LogP contribution < -0.4 is 10.6 Å². The molecule has 2 N–H and O–H groups in total. The fourth-order valence-corrected chi connectivity index (χ4v) is 2.20. The van der Waals surface area contributed by atoms with Crippen molar-refractivity contribution in [1.29, 1.82) is 0 Å². The van der Waals surface area contributed by atoms with Gasteiger partial charge in [0.2, 0.25) is 0 Å². The molecule has 3 heteroatoms. The van der Waals surface area contributed by atoms with Crippen molar-refractivity contribution in [3.05, 3.63) is 65.9 Å². The van der Waals surface area contributed by atoms with Crippen LogP contribution in [0.2, 0.25) is 0 Å². The van der Waals surface area contributed by atoms with Gasteiger partial charge in [0.1, 0.15) is 5.54 Å². The molecular weight excluding hydrogens is 248 g/mol. The van der Waals surface area contributed by atoms with Crippen molar-refractivity contribution in [1.82, 2.24) is 10.6 Å². The summed E-state index contributed by atoms with van der Waals surface area (Å²) < 4.78 is 0. The highest BCUT2D eigenvalue weighted by Crippen LogP contribution is 2.22. The summed E-state index contributed by atoms with van der Waals surface area (Å²) in [4.78, 5) is 12.5. The molecule has 0 fully saturated rings. The summed E-state index contributed by atoms with van der Waals surface area (Å²) in [5, 5.41) is 6.22. The second kappa shape index (κ2) is 6.35. The highest BCUT2D eigenvalue weighted by Gasteiger charge is 2.32. The summed E-state index contributed by atoms with van der Waals surface area (Å²) in [6, 6.07) is 9.83. The molecule has 0 heterocycles. The molecule has 3 nitrogen and oxygen atoms in total. The van der Waals surface area contributed by atoms with Crippen LogP contribution >= 0.6 is 0 Å². The number of allylic oxidation sites excluding steroid dienone is 1. The number of likely N-dealkylation sites (N-methyl/N-ethyl adjacent to an activating group) is 2. The quantitative estimate of drug-likeness (QED) is 0.805. The lowest BCUT2D eigenvalue weighted by Crippen LogP contribution is -2.48. The number of carbonyl (C=O) groups excluding carboxylic acids is 1. The van der Waals surface area contributed by atoms with E-state index in [9.17, 15) is 4.79 Å². The summed E-state index contributed by atoms with van der Waals surface area (Å²) in [7, 11) is 3.69. The number of carbonyl (C=O) groups is 1. The molecule has 0 amide bonds. The van der Waals surface area contributed by atoms with Crippen molar-refractivity contribution < 1.29 is 4.79 Å². The van der Waals surface area contributed by atoms with E-state index in [2.05, 4.69) is 10.6 Å². The van der Waals surface area contributed by atoms with Crippen molar-refractivity contribution in [2.75, 3.05) is 14.1 Å². The largest absolute Gasteiger partial charge is 0.388 e. The first-order valence-corrected chi connectivity index (χ1v) is 6.74. The van der Waals surface area contributed by atoms with Crippen molar-refractivity contribution in [2.45, 2.75) is 12.0 Å². The standard InChI is InChI=1S/C17H20N2O/c1-18-15-10-12-17(19-2,13-11-15)16(20)9-8-14-6-4-3-5-7-14/h3-12,18-19H,13H2,1-2H3. The maximum absolute atomic E-state index is 12.5. The van der Waals surface area contributed by atoms with Gasteiger partial charge in [-0.05, 0) is 31.2 Å². The molecule has 0 spiro atoms. The van der Waals surface area contributed by atoms with Crippen molar-refractivity contribution in [3.8, 4) is 0 Å². The van der Waals surface area contributed by atoms with E-state index < -0.39 is 5.54 Å². The Hall–Kier alpha value is -2.13. The predicted octanol–water partition coefficient (Wildman–Crippen LogP) is 2.29. The van der Waals surface area contributed by atoms with Crippen molar-refractivity contribution >= 4 is 11.9 Å². The third kappa shape index (κ3) is 3.06. The zero-order valence-electron chi connectivity index (χ0n) is 11.9. The van der Waals surface area contributed by atoms with Crippen LogP contribution in [0, 0.1) is 0 Å². The molecule has 0 saturated carbocycles. The van der Waals surface area contributed by atoms with Gasteiger partial charge in [0.25, 0.3) is 0 Å². The van der Waals surface area contributed by atoms with Gasteiger partial charge in [-0.2, -0.15) is 0 Å². The topological polar surface area (TPSA) is 41.1 Å². The molecule has 0 bridgehead atoms. The Morgan fingerprint density at radius 2 is 2.00 bits per heavy atom. The van der Waals surface area contributed by atoms with E-state index in [0.717, 1.165) is 11.3 Å². The van der Waals surface area contributed by atoms with E-state index in [1.807, 2.05) is 68.7 Å². The molecule has 1 unspecified atom stereocenters. The Kier molecular flexibility index (Phi) is 4.53. The molecule has 0 radical (unpaired) electrons. The minimum absolute atomic E-state index is 0.0616. The van der Waals surface area contributed by atoms with E-state index >= 15 is 0 Å². The monoisotopic (exact) mass is 268 g/mol. The van der Waals surface area contributed by atoms with Crippen LogP contribution in [0.5, 0.6) is 0 Å². The van der Waals surface area contributed by atoms with Gasteiger partial charge in [-0.3, -0.25) is 4.79 Å². The van der Waals surface area contributed by atoms with Crippen LogP contribution in [-0.4, -0.2) is 25.4 Å². The summed E-state index contributed by atoms with van der Waals surface area (Å²) in [6.45, 7) is 0. The van der Waals surface area contributed by atoms with E-state index in [1.165, 1.54) is 0 Å². The number of hydrogen-bond acceptors (Lipinski definition) is 3. The van der Waals surface area contributed by atoms with Crippen molar-refractivity contribution in [3.63, 3.8) is 0 Å². The summed E-state index contributed by atoms with van der Waals surface area (Å²) in [5.41, 5.74) is 1.43. The number of benzene rings is 1. The van der Waals surface area contributed by atoms with Crippen LogP contribution in [0.25, 0.3) is 6.08 Å². The molecule has 104 valence electrons. The minimum Gasteiger partial charge on any atom is -0.388 e. The fraction of sp³-hybridized carbons (Fsp3) is 0.235. The fourth-order valence-electron chi connectivity index (χ4n) is 2.20. The van der Waals surface area contributed by atoms with Crippen LogP contribution in [0.1, 0.15) is 12.0 Å². The van der Waals surface area contributed by atoms with Gasteiger partial charge < -0.3 is 10.6 Å². The van der Waals surface area contributed by atoms with E-state index in [1.54, 1.807) is 6.08 Å². The number of ketones is 1. The highest BCUT2D eigenvalue weighted by molar-refractivity contribution is 6.02. The lowest BCUT2D eigenvalue weighted by Gasteiger charge is -2.29. The first kappa shape index (κ1) is 14.3. The molecule has 0 aliphatic heterocycles. The average Bonchev–Trinajstić information content (AvgIpc) is 2.53. The first-order chi connectivity index (χ1) is 9.70. The SMILES string of the molecule is CNC1=CCC(NC)(C(=O)C=Cc2ccccc2)C=C1. The molecule has 20 heavy (non-hydrogen) atoms. The smallest absolute Gasteiger partial charge is 0.179 e. The van der Waals surface area contributed by atoms with E-state index in [4.69, 9.17) is 0 Å². The van der Waals surface area contributed by atoms with E-state index in [-0.39, 0.29) is 5.78 Å². The zero-order chi connectivity index (χ0) is 14.4. The Labute approximate surface area is 120 Å². The average molecular weight is 268 g/mol. The third-order valence-electron chi connectivity index (χ3n) is 3.59. The molecule has 1 aliphatic carbocycles. The molecule has 1 atom stereocenters. The Morgan fingerprint density at radius 3 is 2.55 bits per heavy atom. The Morgan fingerprint density at radius 1 is 1.25 bits per heavy atom. The normalized spacial score (nSPS) is 21.8. The lowest BCUT2D eigenvalue weighted by molar-refractivity contribution is -0.118. The van der Waals surface area contributed by atoms with Crippen LogP contribution in [-0.2, 0) is 4.79 Å². The first-order valence-electron chi connectivity index (χ1n) is 6.74. The summed E-state index contributed by atoms with van der Waals surface area (Å²) in [5.74, 6) is 0.0616. The molecule has 0 saturated heterocycles. The zero-order valence-corrected chi connectivity index (χ0v) is 11.9. The molecule has 0 aromatic heterocycles. The second-order valence-corrected chi connectivity index (χ2v) is 4.78. The molecule has 1 aromatic rings. The molecule has 2 rings (SSSR count). The predicted molar refractivity (Wildman–Crippen MR) is 83.2 cm³/mol. The summed E-state index contributed by atoms with van der Waals surface area (Å²) in [6.07, 6.45) is 10.0. The van der Waals surface area contributed by atoms with Gasteiger partial charge in [0, 0.05) is 12.7 Å². The maximum Gasteiger partial charge on any atom is 0.179 e. The van der Waals surface area contributed by atoms with Crippen LogP contribution in [0.4, 0.5) is 0 Å². The maximum atomic E-state index is 12.5. The third-order valence-corrected chi connectivity index (χ3v) is 3.59. The van der Waals surface area contributed by atoms with Gasteiger partial charge in [0.05, 0.1) is 0 Å².